The topological polar surface area (TPSA) is 126 Å². The third-order valence-electron chi connectivity index (χ3n) is 3.47. The second-order valence-corrected chi connectivity index (χ2v) is 5.12. The molecule has 2 amide bonds. The molecule has 1 aromatic heterocycles. The number of amides is 2. The average Bonchev–Trinajstić information content (AvgIpc) is 3.15. The molecule has 9 heteroatoms. The van der Waals surface area contributed by atoms with Gasteiger partial charge in [0, 0.05) is 0 Å². The molecule has 0 saturated heterocycles. The van der Waals surface area contributed by atoms with Crippen molar-refractivity contribution < 1.29 is 24.0 Å². The number of hydrazone groups is 1. The minimum Gasteiger partial charge on any atom is -0.507 e. The Morgan fingerprint density at radius 1 is 1.32 bits per heavy atom. The van der Waals surface area contributed by atoms with Gasteiger partial charge in [0.2, 0.25) is 0 Å². The summed E-state index contributed by atoms with van der Waals surface area (Å²) < 4.78 is 4.98. The van der Waals surface area contributed by atoms with Gasteiger partial charge < -0.3 is 9.52 Å². The van der Waals surface area contributed by atoms with Gasteiger partial charge in [-0.25, -0.2) is 0 Å². The van der Waals surface area contributed by atoms with Crippen LogP contribution in [0.4, 0.5) is 5.88 Å². The minimum absolute atomic E-state index is 0.0630. The normalized spacial score (nSPS) is 15.6. The van der Waals surface area contributed by atoms with Crippen molar-refractivity contribution in [3.8, 4) is 5.75 Å². The summed E-state index contributed by atoms with van der Waals surface area (Å²) in [4.78, 5) is 34.8. The van der Waals surface area contributed by atoms with E-state index in [9.17, 15) is 24.8 Å². The zero-order valence-electron chi connectivity index (χ0n) is 12.9. The Bertz CT molecular complexity index is 956. The van der Waals surface area contributed by atoms with Crippen molar-refractivity contribution in [2.75, 3.05) is 0 Å². The summed E-state index contributed by atoms with van der Waals surface area (Å²) in [6.45, 7) is 1.51. The first-order valence-corrected chi connectivity index (χ1v) is 7.07. The Hall–Kier alpha value is -3.75. The Balaban J connectivity index is 1.91. The molecule has 1 aliphatic heterocycles. The lowest BCUT2D eigenvalue weighted by atomic mass is 10.1. The summed E-state index contributed by atoms with van der Waals surface area (Å²) in [7, 11) is 0. The van der Waals surface area contributed by atoms with Gasteiger partial charge in [0.1, 0.15) is 16.4 Å². The first-order valence-electron chi connectivity index (χ1n) is 7.07. The molecule has 0 saturated carbocycles. The van der Waals surface area contributed by atoms with E-state index in [1.54, 1.807) is 12.1 Å². The number of imide groups is 1. The van der Waals surface area contributed by atoms with Crippen LogP contribution in [0.3, 0.4) is 0 Å². The highest BCUT2D eigenvalue weighted by Crippen LogP contribution is 2.25. The lowest BCUT2D eigenvalue weighted by Crippen LogP contribution is -2.29. The van der Waals surface area contributed by atoms with E-state index in [-0.39, 0.29) is 28.4 Å². The van der Waals surface area contributed by atoms with E-state index in [4.69, 9.17) is 4.42 Å². The molecule has 0 fully saturated rings. The molecular weight excluding hydrogens is 330 g/mol. The van der Waals surface area contributed by atoms with Crippen molar-refractivity contribution in [3.05, 3.63) is 63.4 Å². The molecule has 3 rings (SSSR count). The summed E-state index contributed by atoms with van der Waals surface area (Å²) in [5, 5.41) is 24.9. The van der Waals surface area contributed by atoms with Crippen molar-refractivity contribution in [2.45, 2.75) is 6.92 Å². The van der Waals surface area contributed by atoms with Crippen LogP contribution in [0.15, 0.2) is 51.5 Å². The summed E-state index contributed by atoms with van der Waals surface area (Å²) in [5.74, 6) is -2.15. The molecule has 0 unspecified atom stereocenters. The van der Waals surface area contributed by atoms with Crippen LogP contribution in [-0.2, 0) is 4.79 Å². The van der Waals surface area contributed by atoms with Gasteiger partial charge in [-0.3, -0.25) is 19.7 Å². The minimum atomic E-state index is -0.781. The van der Waals surface area contributed by atoms with Gasteiger partial charge >= 0.3 is 5.88 Å². The fourth-order valence-corrected chi connectivity index (χ4v) is 2.25. The molecule has 0 atom stereocenters. The van der Waals surface area contributed by atoms with Crippen LogP contribution in [0.1, 0.15) is 23.0 Å². The molecule has 2 aromatic rings. The number of nitrogens with zero attached hydrogens (tertiary/aromatic N) is 3. The molecule has 1 aliphatic rings. The van der Waals surface area contributed by atoms with Gasteiger partial charge in [-0.2, -0.15) is 10.1 Å². The van der Waals surface area contributed by atoms with Crippen LogP contribution in [0.25, 0.3) is 6.08 Å². The molecule has 1 N–H and O–H groups in total. The maximum atomic E-state index is 12.5. The van der Waals surface area contributed by atoms with Crippen molar-refractivity contribution in [3.63, 3.8) is 0 Å². The highest BCUT2D eigenvalue weighted by molar-refractivity contribution is 6.30. The number of phenolic OH excluding ortho intramolecular Hbond substituents is 1. The van der Waals surface area contributed by atoms with Crippen LogP contribution in [-0.4, -0.2) is 32.6 Å². The summed E-state index contributed by atoms with van der Waals surface area (Å²) in [6.07, 6.45) is 1.27. The summed E-state index contributed by atoms with van der Waals surface area (Å²) in [5.41, 5.74) is 0.239. The monoisotopic (exact) mass is 341 g/mol. The van der Waals surface area contributed by atoms with Gasteiger partial charge in [-0.1, -0.05) is 12.1 Å². The Morgan fingerprint density at radius 2 is 2.04 bits per heavy atom. The standard InChI is InChI=1S/C16H11N3O6/c1-9-12(8-10-6-7-14(25-10)19(23)24)16(22)18(17-9)15(21)11-4-2-3-5-13(11)20/h2-8,20H,1H3/b12-8-. The number of phenols is 1. The van der Waals surface area contributed by atoms with Crippen LogP contribution in [0, 0.1) is 10.1 Å². The second kappa shape index (κ2) is 6.04. The number of hydrogen-bond acceptors (Lipinski definition) is 7. The number of aromatic hydroxyl groups is 1. The summed E-state index contributed by atoms with van der Waals surface area (Å²) in [6, 6.07) is 8.27. The molecule has 0 radical (unpaired) electrons. The molecular formula is C16H11N3O6. The van der Waals surface area contributed by atoms with Gasteiger partial charge in [0.15, 0.2) is 0 Å². The van der Waals surface area contributed by atoms with E-state index in [1.165, 1.54) is 31.2 Å². The third kappa shape index (κ3) is 2.90. The van der Waals surface area contributed by atoms with Crippen molar-refractivity contribution in [1.82, 2.24) is 5.01 Å². The van der Waals surface area contributed by atoms with E-state index in [0.29, 0.717) is 5.01 Å². The SMILES string of the molecule is CC1=NN(C(=O)c2ccccc2O)C(=O)/C1=C\c1ccc([N+](=O)[O-])o1. The Morgan fingerprint density at radius 3 is 2.68 bits per heavy atom. The number of para-hydroxylation sites is 1. The number of rotatable bonds is 3. The molecule has 1 aromatic carbocycles. The summed E-state index contributed by atoms with van der Waals surface area (Å²) >= 11 is 0. The van der Waals surface area contributed by atoms with Gasteiger partial charge in [-0.15, -0.1) is 0 Å². The molecule has 9 nitrogen and oxygen atoms in total. The first-order chi connectivity index (χ1) is 11.9. The van der Waals surface area contributed by atoms with Crippen LogP contribution < -0.4 is 0 Å². The number of nitro groups is 1. The molecule has 0 aliphatic carbocycles. The zero-order valence-corrected chi connectivity index (χ0v) is 12.9. The van der Waals surface area contributed by atoms with E-state index in [0.717, 1.165) is 6.07 Å². The highest BCUT2D eigenvalue weighted by Gasteiger charge is 2.34. The predicted molar refractivity (Wildman–Crippen MR) is 85.7 cm³/mol. The van der Waals surface area contributed by atoms with Crippen LogP contribution in [0.2, 0.25) is 0 Å². The van der Waals surface area contributed by atoms with E-state index < -0.39 is 22.6 Å². The number of carbonyl (C=O) groups excluding carboxylic acids is 2. The third-order valence-corrected chi connectivity index (χ3v) is 3.47. The second-order valence-electron chi connectivity index (χ2n) is 5.12. The smallest absolute Gasteiger partial charge is 0.433 e. The maximum absolute atomic E-state index is 12.5. The maximum Gasteiger partial charge on any atom is 0.433 e. The Kier molecular flexibility index (Phi) is 3.89. The van der Waals surface area contributed by atoms with Crippen LogP contribution in [0.5, 0.6) is 5.75 Å². The van der Waals surface area contributed by atoms with Crippen molar-refractivity contribution in [2.24, 2.45) is 5.10 Å². The average molecular weight is 341 g/mol. The molecule has 126 valence electrons. The fraction of sp³-hybridized carbons (Fsp3) is 0.0625. The number of carbonyl (C=O) groups is 2. The van der Waals surface area contributed by atoms with Crippen molar-refractivity contribution >= 4 is 29.5 Å². The van der Waals surface area contributed by atoms with E-state index >= 15 is 0 Å². The van der Waals surface area contributed by atoms with Gasteiger partial charge in [-0.05, 0) is 31.2 Å². The quantitative estimate of drug-likeness (QED) is 0.395. The number of hydrogen-bond donors (Lipinski definition) is 1. The van der Waals surface area contributed by atoms with Crippen LogP contribution >= 0.6 is 0 Å². The fourth-order valence-electron chi connectivity index (χ4n) is 2.25. The largest absolute Gasteiger partial charge is 0.507 e. The zero-order chi connectivity index (χ0) is 18.1. The Labute approximate surface area is 140 Å². The number of benzene rings is 1. The molecule has 0 spiro atoms. The predicted octanol–water partition coefficient (Wildman–Crippen LogP) is 2.34. The van der Waals surface area contributed by atoms with E-state index in [1.807, 2.05) is 0 Å². The van der Waals surface area contributed by atoms with Gasteiger partial charge in [0.05, 0.1) is 22.9 Å². The van der Waals surface area contributed by atoms with E-state index in [2.05, 4.69) is 5.10 Å². The lowest BCUT2D eigenvalue weighted by molar-refractivity contribution is -0.402. The highest BCUT2D eigenvalue weighted by atomic mass is 16.6. The van der Waals surface area contributed by atoms with Gasteiger partial charge in [0.25, 0.3) is 11.8 Å². The first kappa shape index (κ1) is 16.1. The molecule has 25 heavy (non-hydrogen) atoms. The number of furan rings is 1. The molecule has 0 bridgehead atoms. The lowest BCUT2D eigenvalue weighted by Gasteiger charge is -2.10. The molecule has 2 heterocycles. The van der Waals surface area contributed by atoms with Crippen molar-refractivity contribution in [1.29, 1.82) is 0 Å².